The van der Waals surface area contributed by atoms with E-state index in [1.807, 2.05) is 0 Å². The largest absolute Gasteiger partial charge is 0.242 e. The van der Waals surface area contributed by atoms with E-state index in [1.165, 1.54) is 19.4 Å². The predicted octanol–water partition coefficient (Wildman–Crippen LogP) is 1.52. The molecule has 0 amide bonds. The van der Waals surface area contributed by atoms with Crippen molar-refractivity contribution < 1.29 is 4.58 Å². The van der Waals surface area contributed by atoms with E-state index < -0.39 is 0 Å². The zero-order valence-corrected chi connectivity index (χ0v) is 6.15. The molecule has 0 unspecified atom stereocenters. The summed E-state index contributed by atoms with van der Waals surface area (Å²) in [5.74, 6) is 0. The fourth-order valence-electron chi connectivity index (χ4n) is 0.537. The van der Waals surface area contributed by atoms with E-state index in [2.05, 4.69) is 31.7 Å². The summed E-state index contributed by atoms with van der Waals surface area (Å²) >= 11 is 0. The van der Waals surface area contributed by atoms with Gasteiger partial charge in [0, 0.05) is 13.3 Å². The van der Waals surface area contributed by atoms with Crippen molar-refractivity contribution in [3.63, 3.8) is 0 Å². The lowest BCUT2D eigenvalue weighted by Gasteiger charge is -1.91. The average Bonchev–Trinajstić information content (AvgIpc) is 1.83. The molecule has 0 aliphatic heterocycles. The van der Waals surface area contributed by atoms with Gasteiger partial charge in [-0.3, -0.25) is 0 Å². The van der Waals surface area contributed by atoms with Crippen LogP contribution in [0.15, 0.2) is 0 Å². The fourth-order valence-corrected chi connectivity index (χ4v) is 0.537. The first-order chi connectivity index (χ1) is 3.81. The second kappa shape index (κ2) is 4.82. The highest BCUT2D eigenvalue weighted by molar-refractivity contribution is 5.46. The van der Waals surface area contributed by atoms with Crippen LogP contribution in [0.1, 0.15) is 26.7 Å². The maximum atomic E-state index is 2.21. The van der Waals surface area contributed by atoms with Gasteiger partial charge in [-0.2, -0.15) is 0 Å². The molecule has 0 heterocycles. The van der Waals surface area contributed by atoms with Crippen LogP contribution in [0, 0.1) is 0 Å². The third kappa shape index (κ3) is 3.85. The molecule has 0 atom stereocenters. The summed E-state index contributed by atoms with van der Waals surface area (Å²) in [5.41, 5.74) is 0. The molecule has 0 saturated carbocycles. The second-order valence-electron chi connectivity index (χ2n) is 2.09. The quantitative estimate of drug-likeness (QED) is 0.386. The molecule has 0 spiro atoms. The van der Waals surface area contributed by atoms with E-state index in [4.69, 9.17) is 0 Å². The molecule has 1 heteroatoms. The Labute approximate surface area is 52.0 Å². The number of hydrogen-bond donors (Lipinski definition) is 0. The molecule has 0 rings (SSSR count). The Hall–Kier alpha value is -0.330. The SMILES string of the molecule is CC=[N+](C)CCCC. The minimum Gasteiger partial charge on any atom is -0.242 e. The molecule has 0 aromatic rings. The van der Waals surface area contributed by atoms with Gasteiger partial charge in [0.1, 0.15) is 19.8 Å². The van der Waals surface area contributed by atoms with E-state index in [0.717, 1.165) is 0 Å². The first-order valence-electron chi connectivity index (χ1n) is 3.31. The van der Waals surface area contributed by atoms with Gasteiger partial charge in [0.15, 0.2) is 0 Å². The zero-order valence-electron chi connectivity index (χ0n) is 6.15. The lowest BCUT2D eigenvalue weighted by Crippen LogP contribution is -2.06. The van der Waals surface area contributed by atoms with Gasteiger partial charge >= 0.3 is 0 Å². The van der Waals surface area contributed by atoms with Crippen molar-refractivity contribution in [1.29, 1.82) is 0 Å². The van der Waals surface area contributed by atoms with E-state index in [0.29, 0.717) is 0 Å². The van der Waals surface area contributed by atoms with E-state index in [-0.39, 0.29) is 0 Å². The third-order valence-electron chi connectivity index (χ3n) is 1.31. The van der Waals surface area contributed by atoms with Crippen molar-refractivity contribution in [1.82, 2.24) is 0 Å². The Morgan fingerprint density at radius 1 is 1.50 bits per heavy atom. The molecule has 0 aromatic heterocycles. The lowest BCUT2D eigenvalue weighted by atomic mass is 10.3. The van der Waals surface area contributed by atoms with Crippen molar-refractivity contribution >= 4 is 6.21 Å². The second-order valence-corrected chi connectivity index (χ2v) is 2.09. The van der Waals surface area contributed by atoms with Crippen LogP contribution in [-0.2, 0) is 0 Å². The van der Waals surface area contributed by atoms with Crippen molar-refractivity contribution in [2.45, 2.75) is 26.7 Å². The Morgan fingerprint density at radius 3 is 2.50 bits per heavy atom. The molecule has 48 valence electrons. The van der Waals surface area contributed by atoms with E-state index in [9.17, 15) is 0 Å². The van der Waals surface area contributed by atoms with Crippen LogP contribution in [0.2, 0.25) is 0 Å². The van der Waals surface area contributed by atoms with Crippen LogP contribution in [0.4, 0.5) is 0 Å². The minimum atomic E-state index is 1.20. The third-order valence-corrected chi connectivity index (χ3v) is 1.31. The number of unbranched alkanes of at least 4 members (excludes halogenated alkanes) is 1. The summed E-state index contributed by atoms with van der Waals surface area (Å²) < 4.78 is 2.21. The molecule has 1 nitrogen and oxygen atoms in total. The predicted molar refractivity (Wildman–Crippen MR) is 37.7 cm³/mol. The summed E-state index contributed by atoms with van der Waals surface area (Å²) in [6, 6.07) is 0. The highest BCUT2D eigenvalue weighted by atomic mass is 14.9. The Morgan fingerprint density at radius 2 is 2.12 bits per heavy atom. The first-order valence-corrected chi connectivity index (χ1v) is 3.31. The smallest absolute Gasteiger partial charge is 0.142 e. The fraction of sp³-hybridized carbons (Fsp3) is 0.857. The zero-order chi connectivity index (χ0) is 6.41. The molecule has 0 aromatic carbocycles. The van der Waals surface area contributed by atoms with E-state index >= 15 is 0 Å². The Kier molecular flexibility index (Phi) is 4.62. The Balaban J connectivity index is 3.12. The molecular formula is C7H16N+. The summed E-state index contributed by atoms with van der Waals surface area (Å²) in [4.78, 5) is 0. The van der Waals surface area contributed by atoms with Crippen molar-refractivity contribution in [3.05, 3.63) is 0 Å². The Bertz CT molecular complexity index is 74.5. The van der Waals surface area contributed by atoms with Gasteiger partial charge in [0.2, 0.25) is 0 Å². The summed E-state index contributed by atoms with van der Waals surface area (Å²) in [6.45, 7) is 5.48. The molecule has 0 aliphatic carbocycles. The molecule has 0 fully saturated rings. The van der Waals surface area contributed by atoms with Crippen LogP contribution in [0.25, 0.3) is 0 Å². The van der Waals surface area contributed by atoms with Gasteiger partial charge in [-0.25, -0.2) is 4.58 Å². The van der Waals surface area contributed by atoms with Crippen molar-refractivity contribution in [3.8, 4) is 0 Å². The van der Waals surface area contributed by atoms with Crippen LogP contribution in [-0.4, -0.2) is 24.4 Å². The van der Waals surface area contributed by atoms with Crippen LogP contribution in [0.5, 0.6) is 0 Å². The normalized spacial score (nSPS) is 12.1. The topological polar surface area (TPSA) is 3.01 Å². The van der Waals surface area contributed by atoms with E-state index in [1.54, 1.807) is 0 Å². The molecule has 0 radical (unpaired) electrons. The monoisotopic (exact) mass is 114 g/mol. The molecule has 0 bridgehead atoms. The van der Waals surface area contributed by atoms with Gasteiger partial charge in [0.05, 0.1) is 0 Å². The van der Waals surface area contributed by atoms with Gasteiger partial charge in [-0.1, -0.05) is 13.3 Å². The van der Waals surface area contributed by atoms with Crippen LogP contribution < -0.4 is 0 Å². The highest BCUT2D eigenvalue weighted by Gasteiger charge is 1.88. The van der Waals surface area contributed by atoms with Crippen LogP contribution >= 0.6 is 0 Å². The van der Waals surface area contributed by atoms with Crippen molar-refractivity contribution in [2.75, 3.05) is 13.6 Å². The van der Waals surface area contributed by atoms with Gasteiger partial charge in [-0.15, -0.1) is 0 Å². The number of nitrogens with zero attached hydrogens (tertiary/aromatic N) is 1. The molecule has 0 N–H and O–H groups in total. The van der Waals surface area contributed by atoms with Gasteiger partial charge in [-0.05, 0) is 0 Å². The standard InChI is InChI=1S/C7H16N/c1-4-6-7-8(3)5-2/h5H,4,6-7H2,1-3H3/q+1. The van der Waals surface area contributed by atoms with Crippen LogP contribution in [0.3, 0.4) is 0 Å². The van der Waals surface area contributed by atoms with Gasteiger partial charge in [0.25, 0.3) is 0 Å². The molecule has 8 heavy (non-hydrogen) atoms. The summed E-state index contributed by atoms with van der Waals surface area (Å²) in [5, 5.41) is 0. The maximum absolute atomic E-state index is 2.21. The number of hydrogen-bond acceptors (Lipinski definition) is 0. The minimum absolute atomic E-state index is 1.20. The van der Waals surface area contributed by atoms with Gasteiger partial charge < -0.3 is 0 Å². The first kappa shape index (κ1) is 7.67. The summed E-state index contributed by atoms with van der Waals surface area (Å²) in [6.07, 6.45) is 4.70. The molecular weight excluding hydrogens is 98.1 g/mol. The average molecular weight is 114 g/mol. The summed E-state index contributed by atoms with van der Waals surface area (Å²) in [7, 11) is 2.11. The highest BCUT2D eigenvalue weighted by Crippen LogP contribution is 1.83. The van der Waals surface area contributed by atoms with Crippen molar-refractivity contribution in [2.24, 2.45) is 0 Å². The number of rotatable bonds is 3. The molecule has 0 aliphatic rings. The maximum Gasteiger partial charge on any atom is 0.142 e. The lowest BCUT2D eigenvalue weighted by molar-refractivity contribution is -0.493. The molecule has 0 saturated heterocycles.